The third-order valence-electron chi connectivity index (χ3n) is 5.44. The number of halogens is 1. The SMILES string of the molecule is CC(C)(C)N(C(=O)O)c1cc(C#N)cc(N2CCN(C3COC3)C(CO)C2)c1Cl. The largest absolute Gasteiger partial charge is 0.465 e. The van der Waals surface area contributed by atoms with E-state index in [1.165, 1.54) is 11.0 Å². The number of aliphatic hydroxyl groups is 1. The first kappa shape index (κ1) is 21.7. The quantitative estimate of drug-likeness (QED) is 0.768. The topological polar surface area (TPSA) is 100 Å². The van der Waals surface area contributed by atoms with Crippen LogP contribution in [0.2, 0.25) is 5.02 Å². The minimum absolute atomic E-state index is 0.00133. The van der Waals surface area contributed by atoms with E-state index in [9.17, 15) is 20.3 Å². The maximum absolute atomic E-state index is 12.0. The van der Waals surface area contributed by atoms with E-state index in [1.807, 2.05) is 4.90 Å². The normalized spacial score (nSPS) is 20.8. The van der Waals surface area contributed by atoms with Crippen molar-refractivity contribution in [3.63, 3.8) is 0 Å². The van der Waals surface area contributed by atoms with Crippen molar-refractivity contribution in [3.8, 4) is 6.07 Å². The van der Waals surface area contributed by atoms with E-state index in [2.05, 4.69) is 11.0 Å². The molecule has 3 rings (SSSR count). The number of anilines is 2. The average Bonchev–Trinajstić information content (AvgIpc) is 2.60. The van der Waals surface area contributed by atoms with Crippen LogP contribution >= 0.6 is 11.6 Å². The summed E-state index contributed by atoms with van der Waals surface area (Å²) in [6.07, 6.45) is -1.14. The summed E-state index contributed by atoms with van der Waals surface area (Å²) in [4.78, 5) is 17.4. The van der Waals surface area contributed by atoms with Crippen LogP contribution in [-0.4, -0.2) is 78.3 Å². The number of amides is 1. The third-order valence-corrected chi connectivity index (χ3v) is 5.82. The van der Waals surface area contributed by atoms with Gasteiger partial charge in [-0.2, -0.15) is 5.26 Å². The third kappa shape index (κ3) is 4.28. The molecule has 2 heterocycles. The van der Waals surface area contributed by atoms with Crippen LogP contribution in [0.5, 0.6) is 0 Å². The number of piperazine rings is 1. The molecule has 29 heavy (non-hydrogen) atoms. The van der Waals surface area contributed by atoms with Crippen LogP contribution in [0.4, 0.5) is 16.2 Å². The molecule has 2 aliphatic heterocycles. The second-order valence-electron chi connectivity index (χ2n) is 8.44. The molecule has 2 aliphatic rings. The van der Waals surface area contributed by atoms with Crippen molar-refractivity contribution in [1.29, 1.82) is 5.26 Å². The Balaban J connectivity index is 1.97. The smallest absolute Gasteiger partial charge is 0.412 e. The number of carbonyl (C=O) groups is 1. The highest BCUT2D eigenvalue weighted by Gasteiger charge is 2.37. The van der Waals surface area contributed by atoms with Crippen LogP contribution in [0.1, 0.15) is 26.3 Å². The zero-order chi connectivity index (χ0) is 21.3. The summed E-state index contributed by atoms with van der Waals surface area (Å²) >= 11 is 6.69. The molecule has 1 aromatic carbocycles. The van der Waals surface area contributed by atoms with Crippen LogP contribution in [-0.2, 0) is 4.74 Å². The van der Waals surface area contributed by atoms with Crippen LogP contribution < -0.4 is 9.80 Å². The van der Waals surface area contributed by atoms with Crippen molar-refractivity contribution in [2.45, 2.75) is 38.4 Å². The Bertz CT molecular complexity index is 816. The fourth-order valence-electron chi connectivity index (χ4n) is 3.95. The zero-order valence-corrected chi connectivity index (χ0v) is 17.7. The summed E-state index contributed by atoms with van der Waals surface area (Å²) in [6.45, 7) is 8.58. The molecule has 0 bridgehead atoms. The van der Waals surface area contributed by atoms with Crippen molar-refractivity contribution in [1.82, 2.24) is 4.90 Å². The van der Waals surface area contributed by atoms with Crippen molar-refractivity contribution in [3.05, 3.63) is 22.7 Å². The minimum atomic E-state index is -1.14. The summed E-state index contributed by atoms with van der Waals surface area (Å²) in [5.74, 6) is 0. The maximum Gasteiger partial charge on any atom is 0.412 e. The molecular formula is C20H27ClN4O4. The fraction of sp³-hybridized carbons (Fsp3) is 0.600. The molecule has 9 heteroatoms. The monoisotopic (exact) mass is 422 g/mol. The van der Waals surface area contributed by atoms with Crippen molar-refractivity contribution in [2.75, 3.05) is 49.3 Å². The lowest BCUT2D eigenvalue weighted by Gasteiger charge is -2.48. The van der Waals surface area contributed by atoms with Gasteiger partial charge in [0.15, 0.2) is 0 Å². The number of aliphatic hydroxyl groups excluding tert-OH is 1. The summed E-state index contributed by atoms with van der Waals surface area (Å²) in [5.41, 5.74) is 0.498. The van der Waals surface area contributed by atoms with E-state index in [4.69, 9.17) is 16.3 Å². The van der Waals surface area contributed by atoms with Gasteiger partial charge in [0.05, 0.1) is 59.9 Å². The Labute approximate surface area is 175 Å². The highest BCUT2D eigenvalue weighted by atomic mass is 35.5. The molecule has 2 N–H and O–H groups in total. The standard InChI is InChI=1S/C20H27ClN4O4/c1-20(2,3)25(19(27)28)17-7-13(8-22)6-16(18(17)21)23-4-5-24(14(9-23)10-26)15-11-29-12-15/h6-7,14-15,26H,4-5,9-12H2,1-3H3,(H,27,28). The van der Waals surface area contributed by atoms with Gasteiger partial charge in [-0.05, 0) is 32.9 Å². The van der Waals surface area contributed by atoms with Gasteiger partial charge in [-0.15, -0.1) is 0 Å². The molecule has 0 spiro atoms. The van der Waals surface area contributed by atoms with Crippen LogP contribution in [0.25, 0.3) is 0 Å². The molecule has 0 saturated carbocycles. The molecule has 8 nitrogen and oxygen atoms in total. The molecule has 158 valence electrons. The van der Waals surface area contributed by atoms with E-state index >= 15 is 0 Å². The Hall–Kier alpha value is -2.05. The molecule has 2 fully saturated rings. The Morgan fingerprint density at radius 2 is 2.07 bits per heavy atom. The molecule has 1 atom stereocenters. The van der Waals surface area contributed by atoms with E-state index in [0.29, 0.717) is 48.6 Å². The predicted molar refractivity (Wildman–Crippen MR) is 111 cm³/mol. The number of nitriles is 1. The Morgan fingerprint density at radius 1 is 1.38 bits per heavy atom. The van der Waals surface area contributed by atoms with Gasteiger partial charge in [-0.3, -0.25) is 9.80 Å². The van der Waals surface area contributed by atoms with Gasteiger partial charge < -0.3 is 19.8 Å². The minimum Gasteiger partial charge on any atom is -0.465 e. The number of hydrogen-bond donors (Lipinski definition) is 2. The lowest BCUT2D eigenvalue weighted by Crippen LogP contribution is -2.62. The summed E-state index contributed by atoms with van der Waals surface area (Å²) in [5, 5.41) is 29.5. The van der Waals surface area contributed by atoms with Crippen LogP contribution in [0, 0.1) is 11.3 Å². The second-order valence-corrected chi connectivity index (χ2v) is 8.82. The second kappa shape index (κ2) is 8.36. The molecule has 0 aromatic heterocycles. The average molecular weight is 423 g/mol. The van der Waals surface area contributed by atoms with E-state index < -0.39 is 11.6 Å². The first-order valence-corrected chi connectivity index (χ1v) is 10.0. The number of hydrogen-bond acceptors (Lipinski definition) is 6. The lowest BCUT2D eigenvalue weighted by molar-refractivity contribution is -0.0879. The molecule has 1 unspecified atom stereocenters. The highest BCUT2D eigenvalue weighted by molar-refractivity contribution is 6.36. The fourth-order valence-corrected chi connectivity index (χ4v) is 4.26. The van der Waals surface area contributed by atoms with E-state index in [1.54, 1.807) is 26.8 Å². The number of benzene rings is 1. The van der Waals surface area contributed by atoms with Crippen molar-refractivity contribution >= 4 is 29.1 Å². The predicted octanol–water partition coefficient (Wildman–Crippen LogP) is 2.38. The van der Waals surface area contributed by atoms with Gasteiger partial charge in [0, 0.05) is 25.2 Å². The maximum atomic E-state index is 12.0. The first-order chi connectivity index (χ1) is 13.7. The Kier molecular flexibility index (Phi) is 6.24. The van der Waals surface area contributed by atoms with Crippen molar-refractivity contribution < 1.29 is 19.7 Å². The molecule has 1 amide bonds. The van der Waals surface area contributed by atoms with E-state index in [-0.39, 0.29) is 18.3 Å². The van der Waals surface area contributed by atoms with Gasteiger partial charge in [-0.25, -0.2) is 4.79 Å². The lowest BCUT2D eigenvalue weighted by atomic mass is 10.0. The number of ether oxygens (including phenoxy) is 1. The first-order valence-electron chi connectivity index (χ1n) is 9.63. The molecular weight excluding hydrogens is 396 g/mol. The zero-order valence-electron chi connectivity index (χ0n) is 16.9. The van der Waals surface area contributed by atoms with E-state index in [0.717, 1.165) is 6.54 Å². The van der Waals surface area contributed by atoms with Gasteiger partial charge >= 0.3 is 6.09 Å². The number of rotatable bonds is 4. The van der Waals surface area contributed by atoms with Gasteiger partial charge in [0.2, 0.25) is 0 Å². The highest BCUT2D eigenvalue weighted by Crippen LogP contribution is 2.40. The number of carboxylic acid groups (broad SMARTS) is 1. The van der Waals surface area contributed by atoms with Gasteiger partial charge in [-0.1, -0.05) is 11.6 Å². The molecule has 0 radical (unpaired) electrons. The molecule has 1 aromatic rings. The summed E-state index contributed by atoms with van der Waals surface area (Å²) < 4.78 is 5.28. The van der Waals surface area contributed by atoms with Crippen LogP contribution in [0.3, 0.4) is 0 Å². The summed E-state index contributed by atoms with van der Waals surface area (Å²) in [6, 6.07) is 5.54. The Morgan fingerprint density at radius 3 is 2.55 bits per heavy atom. The molecule has 0 aliphatic carbocycles. The summed E-state index contributed by atoms with van der Waals surface area (Å²) in [7, 11) is 0. The van der Waals surface area contributed by atoms with Crippen LogP contribution in [0.15, 0.2) is 12.1 Å². The van der Waals surface area contributed by atoms with Gasteiger partial charge in [0.1, 0.15) is 0 Å². The number of nitrogens with zero attached hydrogens (tertiary/aromatic N) is 4. The van der Waals surface area contributed by atoms with Gasteiger partial charge in [0.25, 0.3) is 0 Å². The molecule has 2 saturated heterocycles. The van der Waals surface area contributed by atoms with Crippen molar-refractivity contribution in [2.24, 2.45) is 0 Å².